The first kappa shape index (κ1) is 22.0. The molecule has 0 aliphatic heterocycles. The third-order valence-corrected chi connectivity index (χ3v) is 4.52. The molecule has 0 saturated carbocycles. The summed E-state index contributed by atoms with van der Waals surface area (Å²) < 4.78 is 5.73. The van der Waals surface area contributed by atoms with Gasteiger partial charge >= 0.3 is 0 Å². The number of nitrogens with one attached hydrogen (secondary N) is 3. The van der Waals surface area contributed by atoms with Crippen LogP contribution in [-0.2, 0) is 11.4 Å². The van der Waals surface area contributed by atoms with E-state index in [9.17, 15) is 9.59 Å². The highest BCUT2D eigenvalue weighted by atomic mass is 32.1. The first-order valence-electron chi connectivity index (χ1n) is 9.82. The zero-order chi connectivity index (χ0) is 22.1. The number of benzene rings is 3. The molecule has 0 aliphatic rings. The van der Waals surface area contributed by atoms with Gasteiger partial charge in [-0.1, -0.05) is 43.3 Å². The van der Waals surface area contributed by atoms with Crippen molar-refractivity contribution in [2.75, 3.05) is 10.6 Å². The molecule has 6 nitrogen and oxygen atoms in total. The lowest BCUT2D eigenvalue weighted by molar-refractivity contribution is -0.115. The van der Waals surface area contributed by atoms with Crippen LogP contribution < -0.4 is 20.7 Å². The SMILES string of the molecule is CCC(=O)Nc1cccc(NC(=S)NC(=O)c2ccc(OCc3ccccc3)cc2)c1. The second kappa shape index (κ2) is 10.9. The molecular weight excluding hydrogens is 410 g/mol. The number of ether oxygens (including phenoxy) is 1. The van der Waals surface area contributed by atoms with Crippen molar-refractivity contribution in [1.82, 2.24) is 5.32 Å². The van der Waals surface area contributed by atoms with Gasteiger partial charge in [-0.2, -0.15) is 0 Å². The Morgan fingerprint density at radius 3 is 2.23 bits per heavy atom. The molecule has 0 saturated heterocycles. The molecule has 31 heavy (non-hydrogen) atoms. The predicted octanol–water partition coefficient (Wildman–Crippen LogP) is 4.74. The maximum atomic E-state index is 12.5. The minimum absolute atomic E-state index is 0.0794. The lowest BCUT2D eigenvalue weighted by Gasteiger charge is -2.12. The van der Waals surface area contributed by atoms with E-state index in [2.05, 4.69) is 16.0 Å². The summed E-state index contributed by atoms with van der Waals surface area (Å²) in [4.78, 5) is 24.0. The summed E-state index contributed by atoms with van der Waals surface area (Å²) in [7, 11) is 0. The normalized spacial score (nSPS) is 10.1. The number of amides is 2. The smallest absolute Gasteiger partial charge is 0.257 e. The molecule has 0 atom stereocenters. The van der Waals surface area contributed by atoms with Gasteiger partial charge in [0.2, 0.25) is 5.91 Å². The number of hydrogen-bond donors (Lipinski definition) is 3. The average molecular weight is 434 g/mol. The van der Waals surface area contributed by atoms with Gasteiger partial charge in [0.1, 0.15) is 12.4 Å². The zero-order valence-corrected chi connectivity index (χ0v) is 17.9. The van der Waals surface area contributed by atoms with Gasteiger partial charge in [-0.15, -0.1) is 0 Å². The van der Waals surface area contributed by atoms with Crippen LogP contribution in [0.3, 0.4) is 0 Å². The van der Waals surface area contributed by atoms with E-state index in [0.717, 1.165) is 5.56 Å². The van der Waals surface area contributed by atoms with Crippen molar-refractivity contribution in [3.63, 3.8) is 0 Å². The minimum atomic E-state index is -0.331. The minimum Gasteiger partial charge on any atom is -0.489 e. The van der Waals surface area contributed by atoms with E-state index in [0.29, 0.717) is 35.7 Å². The molecule has 3 aromatic rings. The lowest BCUT2D eigenvalue weighted by atomic mass is 10.2. The van der Waals surface area contributed by atoms with Crippen LogP contribution in [0.15, 0.2) is 78.9 Å². The fraction of sp³-hybridized carbons (Fsp3) is 0.125. The van der Waals surface area contributed by atoms with Crippen LogP contribution in [0.1, 0.15) is 29.3 Å². The molecule has 0 heterocycles. The van der Waals surface area contributed by atoms with E-state index >= 15 is 0 Å². The van der Waals surface area contributed by atoms with E-state index < -0.39 is 0 Å². The predicted molar refractivity (Wildman–Crippen MR) is 126 cm³/mol. The van der Waals surface area contributed by atoms with Crippen molar-refractivity contribution >= 4 is 40.5 Å². The highest BCUT2D eigenvalue weighted by molar-refractivity contribution is 7.80. The van der Waals surface area contributed by atoms with Gasteiger partial charge in [0.15, 0.2) is 5.11 Å². The molecule has 3 aromatic carbocycles. The van der Waals surface area contributed by atoms with E-state index in [1.807, 2.05) is 30.3 Å². The van der Waals surface area contributed by atoms with Crippen molar-refractivity contribution in [3.8, 4) is 5.75 Å². The summed E-state index contributed by atoms with van der Waals surface area (Å²) in [5.41, 5.74) is 2.83. The monoisotopic (exact) mass is 433 g/mol. The molecule has 7 heteroatoms. The molecule has 0 bridgehead atoms. The Kier molecular flexibility index (Phi) is 7.73. The van der Waals surface area contributed by atoms with Crippen molar-refractivity contribution in [1.29, 1.82) is 0 Å². The van der Waals surface area contributed by atoms with Crippen LogP contribution in [0.25, 0.3) is 0 Å². The molecule has 0 unspecified atom stereocenters. The summed E-state index contributed by atoms with van der Waals surface area (Å²) in [6.07, 6.45) is 0.391. The fourth-order valence-corrected chi connectivity index (χ4v) is 2.92. The molecule has 2 amide bonds. The highest BCUT2D eigenvalue weighted by Gasteiger charge is 2.09. The molecule has 3 rings (SSSR count). The van der Waals surface area contributed by atoms with Crippen LogP contribution >= 0.6 is 12.2 Å². The van der Waals surface area contributed by atoms with E-state index in [1.165, 1.54) is 0 Å². The van der Waals surface area contributed by atoms with Crippen molar-refractivity contribution in [2.24, 2.45) is 0 Å². The first-order chi connectivity index (χ1) is 15.0. The van der Waals surface area contributed by atoms with Crippen LogP contribution in [0, 0.1) is 0 Å². The Morgan fingerprint density at radius 2 is 1.55 bits per heavy atom. The van der Waals surface area contributed by atoms with Crippen molar-refractivity contribution < 1.29 is 14.3 Å². The number of anilines is 2. The number of rotatable bonds is 7. The Morgan fingerprint density at radius 1 is 0.871 bits per heavy atom. The molecule has 0 aliphatic carbocycles. The van der Waals surface area contributed by atoms with Gasteiger partial charge in [0, 0.05) is 23.4 Å². The molecule has 0 spiro atoms. The topological polar surface area (TPSA) is 79.5 Å². The van der Waals surface area contributed by atoms with Crippen molar-refractivity contribution in [2.45, 2.75) is 20.0 Å². The number of carbonyl (C=O) groups is 2. The molecule has 0 aromatic heterocycles. The third kappa shape index (κ3) is 6.94. The molecule has 158 valence electrons. The Balaban J connectivity index is 1.52. The van der Waals surface area contributed by atoms with Crippen LogP contribution in [-0.4, -0.2) is 16.9 Å². The zero-order valence-electron chi connectivity index (χ0n) is 17.1. The van der Waals surface area contributed by atoms with Gasteiger partial charge < -0.3 is 15.4 Å². The Labute approximate surface area is 186 Å². The van der Waals surface area contributed by atoms with Crippen LogP contribution in [0.5, 0.6) is 5.75 Å². The third-order valence-electron chi connectivity index (χ3n) is 4.32. The maximum Gasteiger partial charge on any atom is 0.257 e. The summed E-state index contributed by atoms with van der Waals surface area (Å²) in [5.74, 6) is 0.263. The largest absolute Gasteiger partial charge is 0.489 e. The molecular formula is C24H23N3O3S. The van der Waals surface area contributed by atoms with Crippen LogP contribution in [0.2, 0.25) is 0 Å². The summed E-state index contributed by atoms with van der Waals surface area (Å²) in [6.45, 7) is 2.24. The molecule has 0 fully saturated rings. The van der Waals surface area contributed by atoms with E-state index in [1.54, 1.807) is 55.5 Å². The highest BCUT2D eigenvalue weighted by Crippen LogP contribution is 2.16. The average Bonchev–Trinajstić information content (AvgIpc) is 2.78. The second-order valence-corrected chi connectivity index (χ2v) is 7.10. The number of thiocarbonyl (C=S) groups is 1. The van der Waals surface area contributed by atoms with Gasteiger partial charge in [-0.05, 0) is 60.2 Å². The lowest BCUT2D eigenvalue weighted by Crippen LogP contribution is -2.34. The Bertz CT molecular complexity index is 1050. The summed E-state index contributed by atoms with van der Waals surface area (Å²) in [5, 5.41) is 8.53. The first-order valence-corrected chi connectivity index (χ1v) is 10.2. The van der Waals surface area contributed by atoms with Gasteiger partial charge in [0.05, 0.1) is 0 Å². The van der Waals surface area contributed by atoms with Gasteiger partial charge in [-0.3, -0.25) is 14.9 Å². The maximum absolute atomic E-state index is 12.5. The molecule has 3 N–H and O–H groups in total. The van der Waals surface area contributed by atoms with E-state index in [4.69, 9.17) is 17.0 Å². The Hall–Kier alpha value is -3.71. The second-order valence-electron chi connectivity index (χ2n) is 6.69. The standard InChI is InChI=1S/C24H23N3O3S/c1-2-22(28)25-19-9-6-10-20(15-19)26-24(31)27-23(29)18-11-13-21(14-12-18)30-16-17-7-4-3-5-8-17/h3-15H,2,16H2,1H3,(H,25,28)(H2,26,27,29,31). The van der Waals surface area contributed by atoms with Crippen molar-refractivity contribution in [3.05, 3.63) is 90.0 Å². The summed E-state index contributed by atoms with van der Waals surface area (Å²) in [6, 6.07) is 23.8. The quantitative estimate of drug-likeness (QED) is 0.469. The van der Waals surface area contributed by atoms with E-state index in [-0.39, 0.29) is 16.9 Å². The number of hydrogen-bond acceptors (Lipinski definition) is 4. The fourth-order valence-electron chi connectivity index (χ4n) is 2.71. The summed E-state index contributed by atoms with van der Waals surface area (Å²) >= 11 is 5.23. The van der Waals surface area contributed by atoms with Crippen LogP contribution in [0.4, 0.5) is 11.4 Å². The van der Waals surface area contributed by atoms with Gasteiger partial charge in [0.25, 0.3) is 5.91 Å². The number of carbonyl (C=O) groups excluding carboxylic acids is 2. The molecule has 0 radical (unpaired) electrons. The van der Waals surface area contributed by atoms with Gasteiger partial charge in [-0.25, -0.2) is 0 Å².